The quantitative estimate of drug-likeness (QED) is 0.422. The van der Waals surface area contributed by atoms with E-state index in [4.69, 9.17) is 11.6 Å². The van der Waals surface area contributed by atoms with Gasteiger partial charge in [-0.1, -0.05) is 49.3 Å². The smallest absolute Gasteiger partial charge is 0.234 e. The van der Waals surface area contributed by atoms with Gasteiger partial charge >= 0.3 is 0 Å². The first kappa shape index (κ1) is 24.6. The summed E-state index contributed by atoms with van der Waals surface area (Å²) in [7, 11) is 0. The zero-order chi connectivity index (χ0) is 24.1. The first-order chi connectivity index (χ1) is 16.4. The van der Waals surface area contributed by atoms with Crippen molar-refractivity contribution in [1.29, 1.82) is 0 Å². The number of benzene rings is 2. The highest BCUT2D eigenvalue weighted by Gasteiger charge is 2.23. The van der Waals surface area contributed by atoms with E-state index in [1.54, 1.807) is 0 Å². The molecule has 2 heterocycles. The number of amides is 2. The molecule has 9 heteroatoms. The van der Waals surface area contributed by atoms with Crippen LogP contribution in [0, 0.1) is 5.92 Å². The molecule has 1 aliphatic rings. The first-order valence-electron chi connectivity index (χ1n) is 11.2. The van der Waals surface area contributed by atoms with E-state index in [9.17, 15) is 9.59 Å². The van der Waals surface area contributed by atoms with Crippen molar-refractivity contribution in [2.45, 2.75) is 18.2 Å². The van der Waals surface area contributed by atoms with Crippen LogP contribution in [0.5, 0.6) is 0 Å². The molecule has 0 unspecified atom stereocenters. The minimum Gasteiger partial charge on any atom is -0.368 e. The van der Waals surface area contributed by atoms with Gasteiger partial charge in [0.2, 0.25) is 11.8 Å². The van der Waals surface area contributed by atoms with Gasteiger partial charge < -0.3 is 15.1 Å². The Hall–Kier alpha value is -2.55. The number of anilines is 2. The van der Waals surface area contributed by atoms with Gasteiger partial charge in [-0.25, -0.2) is 4.98 Å². The van der Waals surface area contributed by atoms with Gasteiger partial charge in [0.1, 0.15) is 0 Å². The second-order valence-electron chi connectivity index (χ2n) is 8.36. The molecular formula is C25H27ClN4O2S2. The Kier molecular flexibility index (Phi) is 8.13. The Morgan fingerprint density at radius 1 is 1.06 bits per heavy atom. The number of hydrogen-bond donors (Lipinski definition) is 1. The van der Waals surface area contributed by atoms with Crippen molar-refractivity contribution in [3.05, 3.63) is 58.9 Å². The van der Waals surface area contributed by atoms with Crippen molar-refractivity contribution >= 4 is 57.9 Å². The van der Waals surface area contributed by atoms with Gasteiger partial charge in [-0.05, 0) is 36.4 Å². The minimum atomic E-state index is -0.0678. The Morgan fingerprint density at radius 3 is 2.38 bits per heavy atom. The van der Waals surface area contributed by atoms with Gasteiger partial charge in [0.15, 0.2) is 4.34 Å². The predicted octanol–water partition coefficient (Wildman–Crippen LogP) is 5.50. The molecule has 34 heavy (non-hydrogen) atoms. The Bertz CT molecular complexity index is 1120. The maximum Gasteiger partial charge on any atom is 0.234 e. The Morgan fingerprint density at radius 2 is 1.74 bits per heavy atom. The molecule has 1 saturated heterocycles. The normalized spacial score (nSPS) is 13.9. The van der Waals surface area contributed by atoms with Crippen molar-refractivity contribution in [3.63, 3.8) is 0 Å². The number of halogens is 1. The molecule has 1 N–H and O–H groups in total. The van der Waals surface area contributed by atoms with Crippen LogP contribution in [-0.4, -0.2) is 53.6 Å². The summed E-state index contributed by atoms with van der Waals surface area (Å²) in [4.78, 5) is 33.4. The molecule has 2 aromatic carbocycles. The lowest BCUT2D eigenvalue weighted by Crippen LogP contribution is -2.49. The fourth-order valence-corrected chi connectivity index (χ4v) is 5.47. The minimum absolute atomic E-state index is 0.0359. The molecule has 1 fully saturated rings. The molecular weight excluding hydrogens is 488 g/mol. The number of nitrogens with one attached hydrogen (secondary N) is 1. The lowest BCUT2D eigenvalue weighted by atomic mass is 10.1. The lowest BCUT2D eigenvalue weighted by molar-refractivity contribution is -0.134. The largest absolute Gasteiger partial charge is 0.368 e. The highest BCUT2D eigenvalue weighted by Crippen LogP contribution is 2.29. The van der Waals surface area contributed by atoms with Gasteiger partial charge in [0.25, 0.3) is 0 Å². The number of hydrogen-bond acceptors (Lipinski definition) is 6. The average Bonchev–Trinajstić information content (AvgIpc) is 3.32. The number of carbonyl (C=O) groups excluding carboxylic acids is 2. The van der Waals surface area contributed by atoms with Crippen LogP contribution >= 0.6 is 34.7 Å². The average molecular weight is 515 g/mol. The number of thioether (sulfide) groups is 1. The molecule has 0 bridgehead atoms. The molecule has 2 amide bonds. The van der Waals surface area contributed by atoms with Crippen LogP contribution < -0.4 is 10.2 Å². The molecule has 4 rings (SSSR count). The first-order valence-corrected chi connectivity index (χ1v) is 13.4. The summed E-state index contributed by atoms with van der Waals surface area (Å²) < 4.78 is 0.852. The van der Waals surface area contributed by atoms with Crippen LogP contribution in [0.15, 0.2) is 58.3 Å². The monoisotopic (exact) mass is 514 g/mol. The van der Waals surface area contributed by atoms with E-state index < -0.39 is 0 Å². The van der Waals surface area contributed by atoms with Crippen molar-refractivity contribution in [3.8, 4) is 11.3 Å². The number of carbonyl (C=O) groups is 2. The van der Waals surface area contributed by atoms with Gasteiger partial charge in [0.05, 0.1) is 11.4 Å². The Labute approximate surface area is 213 Å². The number of piperazine rings is 1. The van der Waals surface area contributed by atoms with Crippen LogP contribution in [0.2, 0.25) is 5.02 Å². The van der Waals surface area contributed by atoms with Crippen LogP contribution in [0.25, 0.3) is 11.3 Å². The van der Waals surface area contributed by atoms with Crippen LogP contribution in [0.3, 0.4) is 0 Å². The molecule has 1 aliphatic heterocycles. The molecule has 1 aromatic heterocycles. The lowest BCUT2D eigenvalue weighted by Gasteiger charge is -2.37. The van der Waals surface area contributed by atoms with Crippen molar-refractivity contribution < 1.29 is 9.59 Å². The van der Waals surface area contributed by atoms with Crippen molar-refractivity contribution in [1.82, 2.24) is 9.88 Å². The summed E-state index contributed by atoms with van der Waals surface area (Å²) in [6.07, 6.45) is 0. The predicted molar refractivity (Wildman–Crippen MR) is 142 cm³/mol. The summed E-state index contributed by atoms with van der Waals surface area (Å²) in [5, 5.41) is 5.63. The molecule has 3 aromatic rings. The second-order valence-corrected chi connectivity index (χ2v) is 10.9. The molecule has 0 atom stereocenters. The highest BCUT2D eigenvalue weighted by molar-refractivity contribution is 8.01. The number of nitrogens with zero attached hydrogens (tertiary/aromatic N) is 3. The molecule has 0 aliphatic carbocycles. The molecule has 0 radical (unpaired) electrons. The maximum atomic E-state index is 12.4. The SMILES string of the molecule is CC(C)C(=O)N1CCN(c2ccc(NC(=O)CSc3nc(-c4ccc(Cl)cc4)cs3)cc2)CC1. The van der Waals surface area contributed by atoms with E-state index >= 15 is 0 Å². The molecule has 178 valence electrons. The number of thiazole rings is 1. The summed E-state index contributed by atoms with van der Waals surface area (Å²) in [6, 6.07) is 15.4. The van der Waals surface area contributed by atoms with E-state index in [2.05, 4.69) is 15.2 Å². The third kappa shape index (κ3) is 6.31. The van der Waals surface area contributed by atoms with E-state index in [0.717, 1.165) is 53.2 Å². The van der Waals surface area contributed by atoms with E-state index in [1.165, 1.54) is 23.1 Å². The van der Waals surface area contributed by atoms with Crippen LogP contribution in [-0.2, 0) is 9.59 Å². The third-order valence-corrected chi connectivity index (χ3v) is 7.82. The van der Waals surface area contributed by atoms with Crippen LogP contribution in [0.1, 0.15) is 13.8 Å². The fourth-order valence-electron chi connectivity index (χ4n) is 3.71. The summed E-state index contributed by atoms with van der Waals surface area (Å²) in [5.41, 5.74) is 3.75. The maximum absolute atomic E-state index is 12.4. The van der Waals surface area contributed by atoms with Gasteiger partial charge in [-0.15, -0.1) is 11.3 Å². The number of rotatable bonds is 7. The summed E-state index contributed by atoms with van der Waals surface area (Å²) in [6.45, 7) is 6.98. The van der Waals surface area contributed by atoms with Crippen molar-refractivity contribution in [2.75, 3.05) is 42.1 Å². The van der Waals surface area contributed by atoms with E-state index in [1.807, 2.05) is 72.7 Å². The van der Waals surface area contributed by atoms with Gasteiger partial charge in [0, 0.05) is 59.4 Å². The Balaban J connectivity index is 1.24. The second kappa shape index (κ2) is 11.3. The summed E-state index contributed by atoms with van der Waals surface area (Å²) >= 11 is 8.90. The highest BCUT2D eigenvalue weighted by atomic mass is 35.5. The van der Waals surface area contributed by atoms with Crippen LogP contribution in [0.4, 0.5) is 11.4 Å². The standard InChI is InChI=1S/C25H27ClN4O2S2/c1-17(2)24(32)30-13-11-29(12-14-30)21-9-7-20(8-10-21)27-23(31)16-34-25-28-22(15-33-25)18-3-5-19(26)6-4-18/h3-10,15,17H,11-14,16H2,1-2H3,(H,27,31). The zero-order valence-corrected chi connectivity index (χ0v) is 21.6. The zero-order valence-electron chi connectivity index (χ0n) is 19.2. The summed E-state index contributed by atoms with van der Waals surface area (Å²) in [5.74, 6) is 0.478. The molecule has 0 saturated carbocycles. The van der Waals surface area contributed by atoms with Gasteiger partial charge in [-0.3, -0.25) is 9.59 Å². The van der Waals surface area contributed by atoms with E-state index in [-0.39, 0.29) is 17.7 Å². The van der Waals surface area contributed by atoms with E-state index in [0.29, 0.717) is 10.8 Å². The van der Waals surface area contributed by atoms with Crippen molar-refractivity contribution in [2.24, 2.45) is 5.92 Å². The fraction of sp³-hybridized carbons (Fsp3) is 0.320. The molecule has 0 spiro atoms. The number of aromatic nitrogens is 1. The topological polar surface area (TPSA) is 65.5 Å². The van der Waals surface area contributed by atoms with Gasteiger partial charge in [-0.2, -0.15) is 0 Å². The third-order valence-electron chi connectivity index (χ3n) is 5.55. The molecule has 6 nitrogen and oxygen atoms in total.